The normalized spacial score (nSPS) is 13.2. The van der Waals surface area contributed by atoms with Crippen molar-refractivity contribution >= 4 is 28.4 Å². The largest absolute Gasteiger partial charge is 0.382 e. The summed E-state index contributed by atoms with van der Waals surface area (Å²) < 4.78 is 1.84. The Morgan fingerprint density at radius 1 is 1.22 bits per heavy atom. The summed E-state index contributed by atoms with van der Waals surface area (Å²) in [5.74, 6) is 0.214. The molecule has 0 fully saturated rings. The van der Waals surface area contributed by atoms with Crippen LogP contribution >= 0.6 is 0 Å². The third kappa shape index (κ3) is 4.45. The zero-order chi connectivity index (χ0) is 22.7. The van der Waals surface area contributed by atoms with Gasteiger partial charge in [-0.1, -0.05) is 19.1 Å². The summed E-state index contributed by atoms with van der Waals surface area (Å²) in [5, 5.41) is 25.8. The Bertz CT molecular complexity index is 1280. The summed E-state index contributed by atoms with van der Waals surface area (Å²) in [5.41, 5.74) is 7.01. The predicted octanol–water partition coefficient (Wildman–Crippen LogP) is 5.00. The Hall–Kier alpha value is -3.79. The van der Waals surface area contributed by atoms with Crippen LogP contribution in [0.5, 0.6) is 0 Å². The molecule has 1 aromatic carbocycles. The van der Waals surface area contributed by atoms with Gasteiger partial charge in [0.05, 0.1) is 34.4 Å². The first-order valence-corrected chi connectivity index (χ1v) is 10.9. The maximum atomic E-state index is 12.0. The number of nitriles is 1. The van der Waals surface area contributed by atoms with Crippen LogP contribution in [0.25, 0.3) is 16.8 Å². The minimum Gasteiger partial charge on any atom is -0.382 e. The summed E-state index contributed by atoms with van der Waals surface area (Å²) in [4.78, 5) is 12.0. The van der Waals surface area contributed by atoms with E-state index in [0.717, 1.165) is 45.9 Å². The highest BCUT2D eigenvalue weighted by Gasteiger charge is 2.20. The molecule has 0 aliphatic carbocycles. The average Bonchev–Trinajstić information content (AvgIpc) is 3.40. The van der Waals surface area contributed by atoms with E-state index < -0.39 is 0 Å². The highest BCUT2D eigenvalue weighted by Crippen LogP contribution is 2.30. The molecule has 0 spiro atoms. The lowest BCUT2D eigenvalue weighted by molar-refractivity contribution is -0.117. The van der Waals surface area contributed by atoms with Crippen molar-refractivity contribution < 1.29 is 4.79 Å². The summed E-state index contributed by atoms with van der Waals surface area (Å²) >= 11 is 0. The molecule has 7 nitrogen and oxygen atoms in total. The van der Waals surface area contributed by atoms with Gasteiger partial charge in [0.25, 0.3) is 0 Å². The molecule has 32 heavy (non-hydrogen) atoms. The molecule has 0 saturated carbocycles. The van der Waals surface area contributed by atoms with E-state index in [1.54, 1.807) is 6.20 Å². The maximum Gasteiger partial charge on any atom is 0.138 e. The molecule has 0 bridgehead atoms. The molecular weight excluding hydrogens is 400 g/mol. The Balaban J connectivity index is 1.64. The van der Waals surface area contributed by atoms with Gasteiger partial charge in [0.15, 0.2) is 0 Å². The van der Waals surface area contributed by atoms with Gasteiger partial charge in [0.1, 0.15) is 11.9 Å². The van der Waals surface area contributed by atoms with Crippen LogP contribution in [0.1, 0.15) is 57.6 Å². The quantitative estimate of drug-likeness (QED) is 0.548. The Morgan fingerprint density at radius 3 is 2.81 bits per heavy atom. The standard InChI is InChI=1S/C25H26N6O/c1-4-5-21(32)12-19-13-24(30-29-19)22-8-6-18(11-23(22)28-16(2)3)25-9-7-20-10-17(14-26)15-27-31(20)25/h6-11,15-16,28H,4-5,12-13H2,1-3H3. The van der Waals surface area contributed by atoms with Gasteiger partial charge in [-0.2, -0.15) is 20.6 Å². The summed E-state index contributed by atoms with van der Waals surface area (Å²) in [6.07, 6.45) is 3.97. The Kier molecular flexibility index (Phi) is 6.13. The van der Waals surface area contributed by atoms with E-state index in [0.29, 0.717) is 24.8 Å². The molecule has 162 valence electrons. The number of hydrogen-bond acceptors (Lipinski definition) is 6. The molecule has 2 aromatic heterocycles. The highest BCUT2D eigenvalue weighted by atomic mass is 16.1. The van der Waals surface area contributed by atoms with Gasteiger partial charge in [-0.05, 0) is 44.5 Å². The molecule has 0 saturated heterocycles. The van der Waals surface area contributed by atoms with Gasteiger partial charge in [0.2, 0.25) is 0 Å². The zero-order valence-corrected chi connectivity index (χ0v) is 18.6. The lowest BCUT2D eigenvalue weighted by Crippen LogP contribution is -2.15. The smallest absolute Gasteiger partial charge is 0.138 e. The minimum atomic E-state index is 0.214. The lowest BCUT2D eigenvalue weighted by Gasteiger charge is -2.16. The number of aromatic nitrogens is 2. The van der Waals surface area contributed by atoms with Gasteiger partial charge >= 0.3 is 0 Å². The number of anilines is 1. The van der Waals surface area contributed by atoms with Crippen molar-refractivity contribution in [1.29, 1.82) is 5.26 Å². The molecule has 1 aliphatic rings. The number of fused-ring (bicyclic) bond motifs is 1. The Labute approximate surface area is 187 Å². The first-order valence-electron chi connectivity index (χ1n) is 10.9. The molecular formula is C25H26N6O. The first-order chi connectivity index (χ1) is 15.5. The second kappa shape index (κ2) is 9.15. The third-order valence-corrected chi connectivity index (χ3v) is 5.31. The van der Waals surface area contributed by atoms with Crippen molar-refractivity contribution in [3.05, 3.63) is 53.7 Å². The van der Waals surface area contributed by atoms with Gasteiger partial charge in [-0.15, -0.1) is 0 Å². The molecule has 3 aromatic rings. The number of rotatable bonds is 8. The van der Waals surface area contributed by atoms with Crippen molar-refractivity contribution in [2.24, 2.45) is 10.2 Å². The van der Waals surface area contributed by atoms with Crippen LogP contribution in [0.15, 0.2) is 52.8 Å². The summed E-state index contributed by atoms with van der Waals surface area (Å²) in [6, 6.07) is 14.3. The van der Waals surface area contributed by atoms with Crippen molar-refractivity contribution in [3.63, 3.8) is 0 Å². The molecule has 1 N–H and O–H groups in total. The van der Waals surface area contributed by atoms with Crippen LogP contribution in [0, 0.1) is 11.3 Å². The number of carbonyl (C=O) groups excluding carboxylic acids is 1. The second-order valence-electron chi connectivity index (χ2n) is 8.33. The van der Waals surface area contributed by atoms with Crippen LogP contribution in [0.2, 0.25) is 0 Å². The Morgan fingerprint density at radius 2 is 2.06 bits per heavy atom. The number of hydrogen-bond donors (Lipinski definition) is 1. The van der Waals surface area contributed by atoms with Crippen molar-refractivity contribution in [1.82, 2.24) is 9.61 Å². The zero-order valence-electron chi connectivity index (χ0n) is 18.6. The number of carbonyl (C=O) groups is 1. The first kappa shape index (κ1) is 21.4. The van der Waals surface area contributed by atoms with Crippen molar-refractivity contribution in [2.75, 3.05) is 5.32 Å². The molecule has 0 radical (unpaired) electrons. The van der Waals surface area contributed by atoms with E-state index in [4.69, 9.17) is 5.26 Å². The lowest BCUT2D eigenvalue weighted by atomic mass is 9.98. The highest BCUT2D eigenvalue weighted by molar-refractivity contribution is 6.20. The molecule has 7 heteroatoms. The number of benzene rings is 1. The summed E-state index contributed by atoms with van der Waals surface area (Å²) in [6.45, 7) is 6.19. The minimum absolute atomic E-state index is 0.214. The van der Waals surface area contributed by atoms with Gasteiger partial charge in [-0.3, -0.25) is 4.79 Å². The molecule has 0 atom stereocenters. The molecule has 0 unspecified atom stereocenters. The van der Waals surface area contributed by atoms with Crippen LogP contribution in [0.4, 0.5) is 5.69 Å². The molecule has 1 aliphatic heterocycles. The van der Waals surface area contributed by atoms with E-state index in [9.17, 15) is 4.79 Å². The predicted molar refractivity (Wildman–Crippen MR) is 127 cm³/mol. The molecule has 0 amide bonds. The number of nitrogens with zero attached hydrogens (tertiary/aromatic N) is 5. The van der Waals surface area contributed by atoms with Crippen molar-refractivity contribution in [3.8, 4) is 17.3 Å². The fourth-order valence-corrected chi connectivity index (χ4v) is 3.90. The average molecular weight is 427 g/mol. The third-order valence-electron chi connectivity index (χ3n) is 5.31. The number of nitrogens with one attached hydrogen (secondary N) is 1. The van der Waals surface area contributed by atoms with Crippen LogP contribution in [0.3, 0.4) is 0 Å². The topological polar surface area (TPSA) is 94.9 Å². The van der Waals surface area contributed by atoms with E-state index in [1.165, 1.54) is 0 Å². The fraction of sp³-hybridized carbons (Fsp3) is 0.320. The van der Waals surface area contributed by atoms with E-state index in [1.807, 2.05) is 41.8 Å². The van der Waals surface area contributed by atoms with Crippen LogP contribution in [-0.2, 0) is 4.79 Å². The van der Waals surface area contributed by atoms with Gasteiger partial charge in [0, 0.05) is 42.1 Å². The van der Waals surface area contributed by atoms with Crippen LogP contribution in [-0.4, -0.2) is 32.9 Å². The van der Waals surface area contributed by atoms with Gasteiger partial charge < -0.3 is 5.32 Å². The number of Topliss-reactive ketones (excluding diaryl/α,β-unsaturated/α-hetero) is 1. The maximum absolute atomic E-state index is 12.0. The van der Waals surface area contributed by atoms with E-state index >= 15 is 0 Å². The van der Waals surface area contributed by atoms with Crippen LogP contribution < -0.4 is 5.32 Å². The van der Waals surface area contributed by atoms with E-state index in [2.05, 4.69) is 46.6 Å². The van der Waals surface area contributed by atoms with E-state index in [-0.39, 0.29) is 11.8 Å². The summed E-state index contributed by atoms with van der Waals surface area (Å²) in [7, 11) is 0. The monoisotopic (exact) mass is 426 g/mol. The fourth-order valence-electron chi connectivity index (χ4n) is 3.90. The SMILES string of the molecule is CCCC(=O)CC1=NN=C(c2ccc(-c3ccc4cc(C#N)cnn34)cc2NC(C)C)C1. The van der Waals surface area contributed by atoms with Gasteiger partial charge in [-0.25, -0.2) is 4.52 Å². The van der Waals surface area contributed by atoms with Crippen molar-refractivity contribution in [2.45, 2.75) is 52.5 Å². The molecule has 4 rings (SSSR count). The number of ketones is 1. The molecule has 3 heterocycles. The second-order valence-corrected chi connectivity index (χ2v) is 8.33.